The molecule has 1 N–H and O–H groups in total. The highest BCUT2D eigenvalue weighted by Gasteiger charge is 2.31. The van der Waals surface area contributed by atoms with Crippen LogP contribution in [0.15, 0.2) is 54.7 Å². The van der Waals surface area contributed by atoms with Crippen molar-refractivity contribution in [1.29, 1.82) is 0 Å². The molecule has 0 aliphatic heterocycles. The van der Waals surface area contributed by atoms with Gasteiger partial charge in [-0.05, 0) is 36.4 Å². The number of hydrogen-bond donors (Lipinski definition) is 1. The van der Waals surface area contributed by atoms with Crippen molar-refractivity contribution in [3.63, 3.8) is 0 Å². The van der Waals surface area contributed by atoms with Crippen molar-refractivity contribution >= 4 is 46.3 Å². The molecular formula is C20H13ClF3N3O3. The van der Waals surface area contributed by atoms with E-state index in [1.165, 1.54) is 12.3 Å². The van der Waals surface area contributed by atoms with Crippen molar-refractivity contribution in [2.75, 3.05) is 11.9 Å². The Balaban J connectivity index is 1.56. The topological polar surface area (TPSA) is 81.2 Å². The molecule has 0 spiro atoms. The van der Waals surface area contributed by atoms with E-state index in [1.807, 2.05) is 6.07 Å². The zero-order valence-electron chi connectivity index (χ0n) is 15.1. The Morgan fingerprint density at radius 1 is 1.13 bits per heavy atom. The number of rotatable bonds is 5. The lowest BCUT2D eigenvalue weighted by Gasteiger charge is -2.11. The summed E-state index contributed by atoms with van der Waals surface area (Å²) in [6.07, 6.45) is -0.700. The van der Waals surface area contributed by atoms with E-state index in [1.54, 1.807) is 18.2 Å². The molecular weight excluding hydrogens is 423 g/mol. The molecule has 0 aliphatic carbocycles. The van der Waals surface area contributed by atoms with Gasteiger partial charge in [0.25, 0.3) is 5.91 Å². The fourth-order valence-corrected chi connectivity index (χ4v) is 2.54. The van der Waals surface area contributed by atoms with Gasteiger partial charge < -0.3 is 10.1 Å². The zero-order chi connectivity index (χ0) is 21.7. The highest BCUT2D eigenvalue weighted by Crippen LogP contribution is 2.33. The van der Waals surface area contributed by atoms with Crippen LogP contribution in [0.1, 0.15) is 11.3 Å². The predicted molar refractivity (Wildman–Crippen MR) is 105 cm³/mol. The van der Waals surface area contributed by atoms with Gasteiger partial charge in [0, 0.05) is 6.08 Å². The highest BCUT2D eigenvalue weighted by molar-refractivity contribution is 6.33. The summed E-state index contributed by atoms with van der Waals surface area (Å²) in [7, 11) is 0. The summed E-state index contributed by atoms with van der Waals surface area (Å²) in [5.41, 5.74) is 0.534. The van der Waals surface area contributed by atoms with Crippen molar-refractivity contribution in [2.45, 2.75) is 6.18 Å². The molecule has 3 rings (SSSR count). The maximum atomic E-state index is 12.8. The lowest BCUT2D eigenvalue weighted by Crippen LogP contribution is -2.20. The first-order chi connectivity index (χ1) is 14.2. The van der Waals surface area contributed by atoms with Crippen LogP contribution in [0.3, 0.4) is 0 Å². The lowest BCUT2D eigenvalue weighted by molar-refractivity contribution is -0.142. The number of anilines is 1. The Morgan fingerprint density at radius 3 is 2.60 bits per heavy atom. The Bertz CT molecular complexity index is 1130. The van der Waals surface area contributed by atoms with E-state index in [0.717, 1.165) is 18.2 Å². The van der Waals surface area contributed by atoms with Crippen molar-refractivity contribution in [1.82, 2.24) is 9.97 Å². The van der Waals surface area contributed by atoms with Gasteiger partial charge in [-0.2, -0.15) is 13.2 Å². The van der Waals surface area contributed by atoms with Gasteiger partial charge in [0.1, 0.15) is 0 Å². The quantitative estimate of drug-likeness (QED) is 0.471. The van der Waals surface area contributed by atoms with E-state index < -0.39 is 30.2 Å². The number of carbonyl (C=O) groups excluding carboxylic acids is 2. The average Bonchev–Trinajstić information content (AvgIpc) is 2.71. The summed E-state index contributed by atoms with van der Waals surface area (Å²) < 4.78 is 43.1. The summed E-state index contributed by atoms with van der Waals surface area (Å²) in [6.45, 7) is -0.709. The number of alkyl halides is 3. The van der Waals surface area contributed by atoms with Gasteiger partial charge in [-0.25, -0.2) is 9.78 Å². The third kappa shape index (κ3) is 5.54. The van der Waals surface area contributed by atoms with Crippen LogP contribution in [0.5, 0.6) is 0 Å². The Kier molecular flexibility index (Phi) is 6.31. The molecule has 0 unspecified atom stereocenters. The van der Waals surface area contributed by atoms with Crippen molar-refractivity contribution in [3.05, 3.63) is 71.0 Å². The summed E-state index contributed by atoms with van der Waals surface area (Å²) in [5.74, 6) is -1.68. The molecule has 0 saturated carbocycles. The van der Waals surface area contributed by atoms with Gasteiger partial charge in [0.2, 0.25) is 0 Å². The van der Waals surface area contributed by atoms with E-state index >= 15 is 0 Å². The number of amides is 1. The van der Waals surface area contributed by atoms with E-state index in [0.29, 0.717) is 22.8 Å². The normalized spacial score (nSPS) is 11.6. The number of benzene rings is 2. The molecule has 0 fully saturated rings. The summed E-state index contributed by atoms with van der Waals surface area (Å²) in [5, 5.41) is 2.09. The smallest absolute Gasteiger partial charge is 0.416 e. The first-order valence-electron chi connectivity index (χ1n) is 8.45. The first-order valence-corrected chi connectivity index (χ1v) is 8.83. The van der Waals surface area contributed by atoms with Gasteiger partial charge in [0.15, 0.2) is 6.61 Å². The second kappa shape index (κ2) is 8.91. The van der Waals surface area contributed by atoms with Crippen LogP contribution >= 0.6 is 11.6 Å². The van der Waals surface area contributed by atoms with Gasteiger partial charge in [-0.3, -0.25) is 9.78 Å². The maximum absolute atomic E-state index is 12.8. The third-order valence-corrected chi connectivity index (χ3v) is 4.10. The van der Waals surface area contributed by atoms with Gasteiger partial charge in [0.05, 0.1) is 39.2 Å². The minimum atomic E-state index is -4.59. The molecule has 6 nitrogen and oxygen atoms in total. The van der Waals surface area contributed by atoms with Gasteiger partial charge >= 0.3 is 12.1 Å². The molecule has 2 aromatic carbocycles. The fraction of sp³-hybridized carbons (Fsp3) is 0.100. The van der Waals surface area contributed by atoms with Crippen LogP contribution in [0.25, 0.3) is 17.1 Å². The molecule has 0 atom stereocenters. The minimum absolute atomic E-state index is 0.0857. The minimum Gasteiger partial charge on any atom is -0.452 e. The van der Waals surface area contributed by atoms with Crippen LogP contribution in [0.4, 0.5) is 18.9 Å². The van der Waals surface area contributed by atoms with Crippen LogP contribution < -0.4 is 5.32 Å². The van der Waals surface area contributed by atoms with E-state index in [9.17, 15) is 22.8 Å². The summed E-state index contributed by atoms with van der Waals surface area (Å²) in [6, 6.07) is 9.67. The number of fused-ring (bicyclic) bond motifs is 1. The Labute approximate surface area is 173 Å². The van der Waals surface area contributed by atoms with Gasteiger partial charge in [-0.1, -0.05) is 23.7 Å². The second-order valence-corrected chi connectivity index (χ2v) is 6.37. The van der Waals surface area contributed by atoms with E-state index in [-0.39, 0.29) is 10.7 Å². The summed E-state index contributed by atoms with van der Waals surface area (Å²) >= 11 is 5.80. The molecule has 1 amide bonds. The second-order valence-electron chi connectivity index (χ2n) is 5.97. The Hall–Kier alpha value is -3.46. The predicted octanol–water partition coefficient (Wildman–Crippen LogP) is 4.50. The van der Waals surface area contributed by atoms with Crippen molar-refractivity contribution in [2.24, 2.45) is 0 Å². The first kappa shape index (κ1) is 21.3. The molecule has 3 aromatic rings. The fourth-order valence-electron chi connectivity index (χ4n) is 2.37. The molecule has 10 heteroatoms. The molecule has 0 bridgehead atoms. The molecule has 0 radical (unpaired) electrons. The molecule has 1 heterocycles. The summed E-state index contributed by atoms with van der Waals surface area (Å²) in [4.78, 5) is 32.1. The molecule has 154 valence electrons. The SMILES string of the molecule is O=C(COC(=O)/C=C/c1cnc2ccccc2n1)Nc1cc(C(F)(F)F)ccc1Cl. The molecule has 0 aliphatic rings. The maximum Gasteiger partial charge on any atom is 0.416 e. The van der Waals surface area contributed by atoms with Crippen LogP contribution in [-0.4, -0.2) is 28.5 Å². The Morgan fingerprint density at radius 2 is 1.87 bits per heavy atom. The van der Waals surface area contributed by atoms with Gasteiger partial charge in [-0.15, -0.1) is 0 Å². The third-order valence-electron chi connectivity index (χ3n) is 3.77. The zero-order valence-corrected chi connectivity index (χ0v) is 15.9. The number of ether oxygens (including phenoxy) is 1. The largest absolute Gasteiger partial charge is 0.452 e. The monoisotopic (exact) mass is 435 g/mol. The average molecular weight is 436 g/mol. The van der Waals surface area contributed by atoms with Crippen molar-refractivity contribution in [3.8, 4) is 0 Å². The number of nitrogens with zero attached hydrogens (tertiary/aromatic N) is 2. The van der Waals surface area contributed by atoms with Crippen LogP contribution in [0, 0.1) is 0 Å². The van der Waals surface area contributed by atoms with E-state index in [4.69, 9.17) is 16.3 Å². The highest BCUT2D eigenvalue weighted by atomic mass is 35.5. The molecule has 0 saturated heterocycles. The number of nitrogens with one attached hydrogen (secondary N) is 1. The van der Waals surface area contributed by atoms with E-state index in [2.05, 4.69) is 15.3 Å². The van der Waals surface area contributed by atoms with Crippen LogP contribution in [0.2, 0.25) is 5.02 Å². The molecule has 30 heavy (non-hydrogen) atoms. The standard InChI is InChI=1S/C20H13ClF3N3O3/c21-14-7-5-12(20(22,23)24)9-17(14)27-18(28)11-30-19(29)8-6-13-10-25-15-3-1-2-4-16(15)26-13/h1-10H,11H2,(H,27,28)/b8-6+. The van der Waals surface area contributed by atoms with Crippen LogP contribution in [-0.2, 0) is 20.5 Å². The number of aromatic nitrogens is 2. The van der Waals surface area contributed by atoms with Crippen molar-refractivity contribution < 1.29 is 27.5 Å². The molecule has 1 aromatic heterocycles. The number of para-hydroxylation sites is 2. The number of carbonyl (C=O) groups is 2. The number of esters is 1. The number of hydrogen-bond acceptors (Lipinski definition) is 5. The lowest BCUT2D eigenvalue weighted by atomic mass is 10.2. The number of halogens is 4.